The van der Waals surface area contributed by atoms with Gasteiger partial charge in [-0.3, -0.25) is 9.63 Å². The molecule has 1 unspecified atom stereocenters. The van der Waals surface area contributed by atoms with E-state index in [2.05, 4.69) is 4.84 Å². The third-order valence-corrected chi connectivity index (χ3v) is 2.15. The van der Waals surface area contributed by atoms with Crippen molar-refractivity contribution >= 4 is 5.91 Å². The number of carbonyl (C=O) groups is 1. The average Bonchev–Trinajstić information content (AvgIpc) is 2.82. The Balaban J connectivity index is 2.14. The van der Waals surface area contributed by atoms with Crippen molar-refractivity contribution in [2.45, 2.75) is 25.9 Å². The van der Waals surface area contributed by atoms with Gasteiger partial charge in [0.25, 0.3) is 0 Å². The van der Waals surface area contributed by atoms with Crippen LogP contribution >= 0.6 is 0 Å². The minimum atomic E-state index is -4.41. The van der Waals surface area contributed by atoms with E-state index in [1.54, 1.807) is 12.4 Å². The highest BCUT2D eigenvalue weighted by molar-refractivity contribution is 5.77. The zero-order chi connectivity index (χ0) is 10.8. The lowest BCUT2D eigenvalue weighted by Crippen LogP contribution is -2.33. The Bertz CT molecular complexity index is 213. The monoisotopic (exact) mass is 211 g/mol. The molecule has 0 aromatic carbocycles. The highest BCUT2D eigenvalue weighted by Crippen LogP contribution is 2.36. The molecule has 6 heteroatoms. The second-order valence-electron chi connectivity index (χ2n) is 3.50. The molecule has 0 saturated heterocycles. The largest absolute Gasteiger partial charge is 0.414 e. The van der Waals surface area contributed by atoms with Gasteiger partial charge in [0.2, 0.25) is 5.91 Å². The fraction of sp³-hybridized carbons (Fsp3) is 0.875. The predicted molar refractivity (Wildman–Crippen MR) is 42.0 cm³/mol. The lowest BCUT2D eigenvalue weighted by atomic mass is 10.1. The van der Waals surface area contributed by atoms with Gasteiger partial charge in [0.15, 0.2) is 6.61 Å². The maximum atomic E-state index is 11.6. The van der Waals surface area contributed by atoms with Gasteiger partial charge < -0.3 is 0 Å². The molecule has 1 N–H and O–H groups in total. The van der Waals surface area contributed by atoms with E-state index in [9.17, 15) is 18.0 Å². The van der Waals surface area contributed by atoms with E-state index < -0.39 is 18.7 Å². The summed E-state index contributed by atoms with van der Waals surface area (Å²) in [7, 11) is 0. The van der Waals surface area contributed by atoms with E-state index >= 15 is 0 Å². The van der Waals surface area contributed by atoms with Crippen molar-refractivity contribution in [3.63, 3.8) is 0 Å². The molecule has 0 aliphatic heterocycles. The van der Waals surface area contributed by atoms with Crippen LogP contribution < -0.4 is 5.48 Å². The Labute approximate surface area is 79.6 Å². The summed E-state index contributed by atoms with van der Waals surface area (Å²) in [4.78, 5) is 15.1. The van der Waals surface area contributed by atoms with Crippen LogP contribution in [0.4, 0.5) is 13.2 Å². The molecular weight excluding hydrogens is 199 g/mol. The molecule has 82 valence electrons. The molecule has 14 heavy (non-hydrogen) atoms. The fourth-order valence-corrected chi connectivity index (χ4v) is 1.09. The third-order valence-electron chi connectivity index (χ3n) is 2.15. The van der Waals surface area contributed by atoms with Gasteiger partial charge in [0.05, 0.1) is 0 Å². The second kappa shape index (κ2) is 4.16. The summed E-state index contributed by atoms with van der Waals surface area (Å²) in [6.07, 6.45) is -2.47. The Morgan fingerprint density at radius 2 is 2.14 bits per heavy atom. The SMILES string of the molecule is CC(C(=O)NOCC(F)(F)F)C1CC1. The van der Waals surface area contributed by atoms with Crippen molar-refractivity contribution in [3.8, 4) is 0 Å². The predicted octanol–water partition coefficient (Wildman–Crippen LogP) is 1.64. The van der Waals surface area contributed by atoms with Crippen molar-refractivity contribution in [1.82, 2.24) is 5.48 Å². The Morgan fingerprint density at radius 1 is 1.57 bits per heavy atom. The fourth-order valence-electron chi connectivity index (χ4n) is 1.09. The molecule has 1 amide bonds. The summed E-state index contributed by atoms with van der Waals surface area (Å²) in [5.74, 6) is -0.426. The number of alkyl halides is 3. The molecule has 0 aromatic heterocycles. The van der Waals surface area contributed by atoms with Crippen LogP contribution in [0.2, 0.25) is 0 Å². The number of hydroxylamine groups is 1. The molecule has 1 aliphatic rings. The zero-order valence-electron chi connectivity index (χ0n) is 7.73. The first kappa shape index (κ1) is 11.3. The van der Waals surface area contributed by atoms with Crippen LogP contribution in [0.15, 0.2) is 0 Å². The number of carbonyl (C=O) groups excluding carboxylic acids is 1. The summed E-state index contributed by atoms with van der Waals surface area (Å²) < 4.78 is 34.8. The summed E-state index contributed by atoms with van der Waals surface area (Å²) >= 11 is 0. The first-order chi connectivity index (χ1) is 6.40. The Morgan fingerprint density at radius 3 is 2.57 bits per heavy atom. The molecule has 0 radical (unpaired) electrons. The number of halogens is 3. The van der Waals surface area contributed by atoms with E-state index in [1.807, 2.05) is 0 Å². The van der Waals surface area contributed by atoms with Gasteiger partial charge in [-0.15, -0.1) is 0 Å². The molecule has 0 heterocycles. The first-order valence-corrected chi connectivity index (χ1v) is 4.38. The number of rotatable bonds is 4. The van der Waals surface area contributed by atoms with Crippen molar-refractivity contribution in [2.75, 3.05) is 6.61 Å². The molecule has 3 nitrogen and oxygen atoms in total. The number of nitrogens with one attached hydrogen (secondary N) is 1. The number of hydrogen-bond donors (Lipinski definition) is 1. The van der Waals surface area contributed by atoms with Crippen LogP contribution in [0.3, 0.4) is 0 Å². The smallest absolute Gasteiger partial charge is 0.273 e. The molecule has 0 spiro atoms. The van der Waals surface area contributed by atoms with Crippen LogP contribution in [0.25, 0.3) is 0 Å². The maximum Gasteiger partial charge on any atom is 0.414 e. The van der Waals surface area contributed by atoms with Crippen LogP contribution in [-0.2, 0) is 9.63 Å². The highest BCUT2D eigenvalue weighted by atomic mass is 19.4. The minimum Gasteiger partial charge on any atom is -0.273 e. The number of amides is 1. The van der Waals surface area contributed by atoms with Crippen LogP contribution in [0.5, 0.6) is 0 Å². The quantitative estimate of drug-likeness (QED) is 0.718. The maximum absolute atomic E-state index is 11.6. The number of hydrogen-bond acceptors (Lipinski definition) is 2. The standard InChI is InChI=1S/C8H12F3NO2/c1-5(6-2-3-6)7(13)12-14-4-8(9,10)11/h5-6H,2-4H2,1H3,(H,12,13). The van der Waals surface area contributed by atoms with Gasteiger partial charge in [-0.05, 0) is 18.8 Å². The van der Waals surface area contributed by atoms with Gasteiger partial charge in [-0.25, -0.2) is 5.48 Å². The van der Waals surface area contributed by atoms with Crippen molar-refractivity contribution in [3.05, 3.63) is 0 Å². The van der Waals surface area contributed by atoms with Crippen molar-refractivity contribution < 1.29 is 22.8 Å². The molecule has 1 atom stereocenters. The van der Waals surface area contributed by atoms with E-state index in [-0.39, 0.29) is 5.92 Å². The lowest BCUT2D eigenvalue weighted by molar-refractivity contribution is -0.192. The van der Waals surface area contributed by atoms with E-state index in [4.69, 9.17) is 0 Å². The summed E-state index contributed by atoms with van der Waals surface area (Å²) in [6, 6.07) is 0. The van der Waals surface area contributed by atoms with Gasteiger partial charge in [0, 0.05) is 5.92 Å². The highest BCUT2D eigenvalue weighted by Gasteiger charge is 2.33. The Hall–Kier alpha value is -0.780. The van der Waals surface area contributed by atoms with Crippen molar-refractivity contribution in [2.24, 2.45) is 11.8 Å². The molecule has 1 fully saturated rings. The van der Waals surface area contributed by atoms with Gasteiger partial charge in [-0.1, -0.05) is 6.92 Å². The molecule has 1 saturated carbocycles. The topological polar surface area (TPSA) is 38.3 Å². The molecular formula is C8H12F3NO2. The summed E-state index contributed by atoms with van der Waals surface area (Å²) in [5.41, 5.74) is 1.80. The van der Waals surface area contributed by atoms with Crippen molar-refractivity contribution in [1.29, 1.82) is 0 Å². The second-order valence-corrected chi connectivity index (χ2v) is 3.50. The van der Waals surface area contributed by atoms with Gasteiger partial charge in [0.1, 0.15) is 0 Å². The summed E-state index contributed by atoms with van der Waals surface area (Å²) in [6.45, 7) is 0.236. The molecule has 0 bridgehead atoms. The van der Waals surface area contributed by atoms with Crippen LogP contribution in [0, 0.1) is 11.8 Å². The summed E-state index contributed by atoms with van der Waals surface area (Å²) in [5, 5.41) is 0. The third kappa shape index (κ3) is 3.95. The van der Waals surface area contributed by atoms with Crippen LogP contribution in [-0.4, -0.2) is 18.7 Å². The molecule has 1 aliphatic carbocycles. The van der Waals surface area contributed by atoms with E-state index in [1.165, 1.54) is 0 Å². The first-order valence-electron chi connectivity index (χ1n) is 4.38. The van der Waals surface area contributed by atoms with E-state index in [0.717, 1.165) is 12.8 Å². The lowest BCUT2D eigenvalue weighted by Gasteiger charge is -2.11. The molecule has 1 rings (SSSR count). The average molecular weight is 211 g/mol. The minimum absolute atomic E-state index is 0.261. The molecule has 0 aromatic rings. The normalized spacial score (nSPS) is 19.1. The van der Waals surface area contributed by atoms with Gasteiger partial charge in [-0.2, -0.15) is 13.2 Å². The van der Waals surface area contributed by atoms with Crippen LogP contribution in [0.1, 0.15) is 19.8 Å². The zero-order valence-corrected chi connectivity index (χ0v) is 7.73. The van der Waals surface area contributed by atoms with Gasteiger partial charge >= 0.3 is 6.18 Å². The van der Waals surface area contributed by atoms with E-state index in [0.29, 0.717) is 5.92 Å². The Kier molecular flexibility index (Phi) is 3.36.